The van der Waals surface area contributed by atoms with Crippen molar-refractivity contribution >= 4 is 5.91 Å². The highest BCUT2D eigenvalue weighted by Gasteiger charge is 2.11. The van der Waals surface area contributed by atoms with Crippen LogP contribution in [0.25, 0.3) is 0 Å². The molecular weight excluding hydrogens is 222 g/mol. The molecule has 100 valence electrons. The van der Waals surface area contributed by atoms with E-state index in [0.29, 0.717) is 12.3 Å². The molecule has 0 saturated heterocycles. The summed E-state index contributed by atoms with van der Waals surface area (Å²) in [6.07, 6.45) is 1.42. The second-order valence-electron chi connectivity index (χ2n) is 5.49. The van der Waals surface area contributed by atoms with Crippen LogP contribution in [0.4, 0.5) is 0 Å². The topological polar surface area (TPSA) is 20.3 Å². The molecule has 0 bridgehead atoms. The Morgan fingerprint density at radius 3 is 2.11 bits per heavy atom. The summed E-state index contributed by atoms with van der Waals surface area (Å²) in [5.74, 6) is 0.783. The summed E-state index contributed by atoms with van der Waals surface area (Å²) in [5.41, 5.74) is 2.59. The number of hydrogen-bond acceptors (Lipinski definition) is 1. The number of carbonyl (C=O) groups is 1. The smallest absolute Gasteiger partial charge is 0.222 e. The summed E-state index contributed by atoms with van der Waals surface area (Å²) in [7, 11) is 1.87. The van der Waals surface area contributed by atoms with Crippen molar-refractivity contribution < 1.29 is 4.79 Å². The van der Waals surface area contributed by atoms with Gasteiger partial charge in [-0.3, -0.25) is 4.79 Å². The van der Waals surface area contributed by atoms with Crippen molar-refractivity contribution in [1.82, 2.24) is 4.90 Å². The molecule has 0 unspecified atom stereocenters. The number of amides is 1. The van der Waals surface area contributed by atoms with Crippen LogP contribution in [-0.4, -0.2) is 23.9 Å². The molecule has 0 aromatic heterocycles. The first-order chi connectivity index (χ1) is 8.41. The van der Waals surface area contributed by atoms with E-state index in [1.807, 2.05) is 25.8 Å². The summed E-state index contributed by atoms with van der Waals surface area (Å²) >= 11 is 0. The van der Waals surface area contributed by atoms with Crippen LogP contribution in [0.2, 0.25) is 0 Å². The lowest BCUT2D eigenvalue weighted by Gasteiger charge is -2.21. The summed E-state index contributed by atoms with van der Waals surface area (Å²) in [4.78, 5) is 13.7. The van der Waals surface area contributed by atoms with Crippen LogP contribution in [0, 0.1) is 0 Å². The van der Waals surface area contributed by atoms with Gasteiger partial charge < -0.3 is 4.90 Å². The number of benzene rings is 1. The van der Waals surface area contributed by atoms with E-state index in [0.717, 1.165) is 6.42 Å². The van der Waals surface area contributed by atoms with Crippen molar-refractivity contribution in [2.75, 3.05) is 7.05 Å². The van der Waals surface area contributed by atoms with Crippen molar-refractivity contribution in [3.05, 3.63) is 35.4 Å². The molecule has 0 aliphatic rings. The molecule has 0 atom stereocenters. The van der Waals surface area contributed by atoms with E-state index in [-0.39, 0.29) is 11.9 Å². The Morgan fingerprint density at radius 2 is 1.67 bits per heavy atom. The third-order valence-electron chi connectivity index (χ3n) is 3.44. The molecule has 1 rings (SSSR count). The zero-order valence-electron chi connectivity index (χ0n) is 12.2. The summed E-state index contributed by atoms with van der Waals surface area (Å²) in [5, 5.41) is 0. The van der Waals surface area contributed by atoms with Crippen LogP contribution < -0.4 is 0 Å². The lowest BCUT2D eigenvalue weighted by Crippen LogP contribution is -2.33. The van der Waals surface area contributed by atoms with Crippen LogP contribution in [0.3, 0.4) is 0 Å². The summed E-state index contributed by atoms with van der Waals surface area (Å²) in [6.45, 7) is 8.46. The fraction of sp³-hybridized carbons (Fsp3) is 0.562. The molecule has 0 spiro atoms. The summed E-state index contributed by atoms with van der Waals surface area (Å²) in [6, 6.07) is 8.88. The maximum absolute atomic E-state index is 11.9. The van der Waals surface area contributed by atoms with Gasteiger partial charge in [0.25, 0.3) is 0 Å². The van der Waals surface area contributed by atoms with Crippen LogP contribution in [0.15, 0.2) is 24.3 Å². The van der Waals surface area contributed by atoms with Crippen molar-refractivity contribution in [2.24, 2.45) is 0 Å². The van der Waals surface area contributed by atoms with Crippen LogP contribution in [0.1, 0.15) is 51.2 Å². The number of nitrogens with zero attached hydrogens (tertiary/aromatic N) is 1. The molecule has 0 fully saturated rings. The summed E-state index contributed by atoms with van der Waals surface area (Å²) < 4.78 is 0. The van der Waals surface area contributed by atoms with Gasteiger partial charge in [-0.15, -0.1) is 0 Å². The Morgan fingerprint density at radius 1 is 1.11 bits per heavy atom. The predicted molar refractivity (Wildman–Crippen MR) is 76.8 cm³/mol. The number of aryl methyl sites for hydroxylation is 1. The largest absolute Gasteiger partial charge is 0.343 e. The maximum atomic E-state index is 11.9. The van der Waals surface area contributed by atoms with E-state index in [1.165, 1.54) is 11.1 Å². The molecule has 18 heavy (non-hydrogen) atoms. The molecule has 1 amide bonds. The average Bonchev–Trinajstić information content (AvgIpc) is 2.35. The molecular formula is C16H25NO. The van der Waals surface area contributed by atoms with E-state index in [1.54, 1.807) is 0 Å². The molecule has 1 aromatic carbocycles. The number of rotatable bonds is 5. The average molecular weight is 247 g/mol. The van der Waals surface area contributed by atoms with E-state index >= 15 is 0 Å². The second-order valence-corrected chi connectivity index (χ2v) is 5.49. The SMILES string of the molecule is CC(C)c1ccc(CCC(=O)N(C)C(C)C)cc1. The van der Waals surface area contributed by atoms with Gasteiger partial charge in [-0.25, -0.2) is 0 Å². The van der Waals surface area contributed by atoms with Crippen LogP contribution in [-0.2, 0) is 11.2 Å². The third-order valence-corrected chi connectivity index (χ3v) is 3.44. The minimum atomic E-state index is 0.220. The number of carbonyl (C=O) groups excluding carboxylic acids is 1. The Labute approximate surface area is 111 Å². The van der Waals surface area contributed by atoms with E-state index in [2.05, 4.69) is 38.1 Å². The van der Waals surface area contributed by atoms with E-state index in [4.69, 9.17) is 0 Å². The molecule has 0 N–H and O–H groups in total. The van der Waals surface area contributed by atoms with Gasteiger partial charge in [0.05, 0.1) is 0 Å². The predicted octanol–water partition coefficient (Wildman–Crippen LogP) is 3.61. The monoisotopic (exact) mass is 247 g/mol. The molecule has 0 aliphatic heterocycles. The highest BCUT2D eigenvalue weighted by molar-refractivity contribution is 5.76. The fourth-order valence-electron chi connectivity index (χ4n) is 1.78. The van der Waals surface area contributed by atoms with Gasteiger partial charge in [0.15, 0.2) is 0 Å². The van der Waals surface area contributed by atoms with Gasteiger partial charge in [0.1, 0.15) is 0 Å². The Balaban J connectivity index is 2.51. The fourth-order valence-corrected chi connectivity index (χ4v) is 1.78. The Kier molecular flexibility index (Phi) is 5.39. The zero-order chi connectivity index (χ0) is 13.7. The lowest BCUT2D eigenvalue weighted by molar-refractivity contribution is -0.131. The molecule has 2 heteroatoms. The number of hydrogen-bond donors (Lipinski definition) is 0. The van der Waals surface area contributed by atoms with Gasteiger partial charge >= 0.3 is 0 Å². The maximum Gasteiger partial charge on any atom is 0.222 e. The Bertz CT molecular complexity index is 379. The molecule has 0 aliphatic carbocycles. The van der Waals surface area contributed by atoms with Crippen molar-refractivity contribution in [3.8, 4) is 0 Å². The van der Waals surface area contributed by atoms with Crippen molar-refractivity contribution in [3.63, 3.8) is 0 Å². The molecule has 0 saturated carbocycles. The normalized spacial score (nSPS) is 11.1. The molecule has 0 radical (unpaired) electrons. The standard InChI is InChI=1S/C16H25NO/c1-12(2)15-9-6-14(7-10-15)8-11-16(18)17(5)13(3)4/h6-7,9-10,12-13H,8,11H2,1-5H3. The molecule has 2 nitrogen and oxygen atoms in total. The zero-order valence-corrected chi connectivity index (χ0v) is 12.2. The highest BCUT2D eigenvalue weighted by atomic mass is 16.2. The second kappa shape index (κ2) is 6.58. The van der Waals surface area contributed by atoms with Gasteiger partial charge in [0.2, 0.25) is 5.91 Å². The minimum absolute atomic E-state index is 0.220. The van der Waals surface area contributed by atoms with Gasteiger partial charge in [-0.05, 0) is 37.3 Å². The van der Waals surface area contributed by atoms with E-state index in [9.17, 15) is 4.79 Å². The lowest BCUT2D eigenvalue weighted by atomic mass is 10.00. The van der Waals surface area contributed by atoms with Crippen molar-refractivity contribution in [1.29, 1.82) is 0 Å². The van der Waals surface area contributed by atoms with E-state index < -0.39 is 0 Å². The van der Waals surface area contributed by atoms with Gasteiger partial charge in [-0.2, -0.15) is 0 Å². The minimum Gasteiger partial charge on any atom is -0.343 e. The molecule has 1 aromatic rings. The third kappa shape index (κ3) is 4.17. The molecule has 0 heterocycles. The quantitative estimate of drug-likeness (QED) is 0.778. The first-order valence-corrected chi connectivity index (χ1v) is 6.76. The van der Waals surface area contributed by atoms with Gasteiger partial charge in [-0.1, -0.05) is 38.1 Å². The first kappa shape index (κ1) is 14.7. The van der Waals surface area contributed by atoms with Gasteiger partial charge in [0, 0.05) is 19.5 Å². The first-order valence-electron chi connectivity index (χ1n) is 6.76. The van der Waals surface area contributed by atoms with Crippen LogP contribution in [0.5, 0.6) is 0 Å². The van der Waals surface area contributed by atoms with Crippen molar-refractivity contribution in [2.45, 2.75) is 52.5 Å². The highest BCUT2D eigenvalue weighted by Crippen LogP contribution is 2.15. The van der Waals surface area contributed by atoms with Crippen LogP contribution >= 0.6 is 0 Å². The Hall–Kier alpha value is -1.31.